The van der Waals surface area contributed by atoms with E-state index in [9.17, 15) is 33.9 Å². The molecular weight excluding hydrogens is 480 g/mol. The fourth-order valence-corrected chi connectivity index (χ4v) is 3.16. The first-order valence-corrected chi connectivity index (χ1v) is 11.2. The van der Waals surface area contributed by atoms with E-state index < -0.39 is 66.1 Å². The summed E-state index contributed by atoms with van der Waals surface area (Å²) in [6.07, 6.45) is -0.757. The highest BCUT2D eigenvalue weighted by Gasteiger charge is 2.30. The summed E-state index contributed by atoms with van der Waals surface area (Å²) >= 11 is 4.02. The van der Waals surface area contributed by atoms with Crippen LogP contribution >= 0.6 is 12.6 Å². The van der Waals surface area contributed by atoms with Gasteiger partial charge in [0.1, 0.15) is 18.1 Å². The molecule has 10 N–H and O–H groups in total. The monoisotopic (exact) mass is 510 g/mol. The van der Waals surface area contributed by atoms with Crippen molar-refractivity contribution in [1.29, 1.82) is 0 Å². The number of carbonyl (C=O) groups is 6. The average Bonchev–Trinajstić information content (AvgIpc) is 2.79. The van der Waals surface area contributed by atoms with Gasteiger partial charge >= 0.3 is 5.97 Å². The number of carbonyl (C=O) groups excluding carboxylic acids is 5. The molecule has 4 unspecified atom stereocenters. The van der Waals surface area contributed by atoms with Crippen molar-refractivity contribution < 1.29 is 33.9 Å². The lowest BCUT2D eigenvalue weighted by Crippen LogP contribution is -2.58. The predicted octanol–water partition coefficient (Wildman–Crippen LogP) is -2.83. The number of nitrogens with one attached hydrogen (secondary N) is 3. The molecule has 0 radical (unpaired) electrons. The Balaban J connectivity index is 2.98. The molecule has 0 fully saturated rings. The molecule has 0 aliphatic carbocycles. The van der Waals surface area contributed by atoms with Gasteiger partial charge in [-0.05, 0) is 12.0 Å². The Hall–Kier alpha value is -3.65. The fourth-order valence-electron chi connectivity index (χ4n) is 2.91. The van der Waals surface area contributed by atoms with E-state index >= 15 is 0 Å². The Kier molecular flexibility index (Phi) is 12.2. The van der Waals surface area contributed by atoms with Gasteiger partial charge in [0.25, 0.3) is 0 Å². The number of thiol groups is 1. The van der Waals surface area contributed by atoms with Crippen LogP contribution in [-0.4, -0.2) is 70.5 Å². The second-order valence-electron chi connectivity index (χ2n) is 7.68. The van der Waals surface area contributed by atoms with Crippen molar-refractivity contribution in [2.75, 3.05) is 5.75 Å². The highest BCUT2D eigenvalue weighted by atomic mass is 32.1. The molecule has 5 amide bonds. The molecule has 192 valence electrons. The van der Waals surface area contributed by atoms with E-state index in [0.717, 1.165) is 0 Å². The first-order chi connectivity index (χ1) is 16.4. The Morgan fingerprint density at radius 3 is 1.89 bits per heavy atom. The maximum atomic E-state index is 13.0. The highest BCUT2D eigenvalue weighted by molar-refractivity contribution is 7.80. The zero-order chi connectivity index (χ0) is 26.5. The third-order valence-corrected chi connectivity index (χ3v) is 5.15. The van der Waals surface area contributed by atoms with E-state index in [-0.39, 0.29) is 25.0 Å². The van der Waals surface area contributed by atoms with Crippen LogP contribution in [-0.2, 0) is 35.2 Å². The summed E-state index contributed by atoms with van der Waals surface area (Å²) in [5.41, 5.74) is 16.6. The van der Waals surface area contributed by atoms with E-state index in [1.165, 1.54) is 0 Å². The van der Waals surface area contributed by atoms with Gasteiger partial charge in [-0.15, -0.1) is 0 Å². The van der Waals surface area contributed by atoms with Gasteiger partial charge in [-0.25, -0.2) is 4.79 Å². The van der Waals surface area contributed by atoms with Crippen LogP contribution < -0.4 is 33.2 Å². The maximum Gasteiger partial charge on any atom is 0.326 e. The van der Waals surface area contributed by atoms with Crippen molar-refractivity contribution in [3.63, 3.8) is 0 Å². The number of carboxylic acid groups (broad SMARTS) is 1. The van der Waals surface area contributed by atoms with Crippen molar-refractivity contribution in [2.24, 2.45) is 17.2 Å². The minimum atomic E-state index is -1.60. The molecule has 1 aromatic rings. The molecule has 0 bridgehead atoms. The molecule has 0 heterocycles. The SMILES string of the molecule is NC(=O)CCC(N)C(=O)NC(Cc1ccccc1)C(=O)NC(CS)C(=O)NC(CC(N)=O)C(=O)O. The minimum Gasteiger partial charge on any atom is -0.480 e. The molecule has 0 saturated heterocycles. The standard InChI is InChI=1S/C21H30N6O7S/c22-12(6-7-16(23)28)18(30)25-13(8-11-4-2-1-3-5-11)19(31)27-15(10-35)20(32)26-14(21(33)34)9-17(24)29/h1-5,12-15,35H,6-10,22H2,(H2,23,28)(H2,24,29)(H,25,30)(H,26,32)(H,27,31)(H,33,34). The summed E-state index contributed by atoms with van der Waals surface area (Å²) in [5.74, 6) is -5.66. The number of aliphatic carboxylic acids is 1. The smallest absolute Gasteiger partial charge is 0.326 e. The van der Waals surface area contributed by atoms with Gasteiger partial charge in [-0.3, -0.25) is 24.0 Å². The number of hydrogen-bond donors (Lipinski definition) is 8. The van der Waals surface area contributed by atoms with Crippen molar-refractivity contribution in [1.82, 2.24) is 16.0 Å². The molecule has 0 aliphatic rings. The van der Waals surface area contributed by atoms with Gasteiger partial charge < -0.3 is 38.3 Å². The molecule has 4 atom stereocenters. The quantitative estimate of drug-likeness (QED) is 0.114. The van der Waals surface area contributed by atoms with E-state index in [1.54, 1.807) is 30.3 Å². The molecule has 0 saturated carbocycles. The average molecular weight is 511 g/mol. The number of primary amides is 2. The minimum absolute atomic E-state index is 0.0288. The summed E-state index contributed by atoms with van der Waals surface area (Å²) in [4.78, 5) is 71.3. The van der Waals surface area contributed by atoms with E-state index in [1.807, 2.05) is 0 Å². The lowest BCUT2D eigenvalue weighted by Gasteiger charge is -2.24. The number of carboxylic acids is 1. The van der Waals surface area contributed by atoms with Gasteiger partial charge in [-0.1, -0.05) is 30.3 Å². The molecule has 13 nitrogen and oxygen atoms in total. The van der Waals surface area contributed by atoms with E-state index in [4.69, 9.17) is 17.2 Å². The molecular formula is C21H30N6O7S. The summed E-state index contributed by atoms with van der Waals surface area (Å²) in [7, 11) is 0. The third kappa shape index (κ3) is 10.9. The van der Waals surface area contributed by atoms with Gasteiger partial charge in [-0.2, -0.15) is 12.6 Å². The lowest BCUT2D eigenvalue weighted by molar-refractivity contribution is -0.143. The summed E-state index contributed by atoms with van der Waals surface area (Å²) in [6, 6.07) is 3.53. The van der Waals surface area contributed by atoms with Crippen LogP contribution in [0.3, 0.4) is 0 Å². The summed E-state index contributed by atoms with van der Waals surface area (Å²) < 4.78 is 0. The molecule has 1 rings (SSSR count). The molecule has 35 heavy (non-hydrogen) atoms. The first kappa shape index (κ1) is 29.4. The number of amides is 5. The fraction of sp³-hybridized carbons (Fsp3) is 0.429. The van der Waals surface area contributed by atoms with Gasteiger partial charge in [0, 0.05) is 18.6 Å². The zero-order valence-electron chi connectivity index (χ0n) is 18.8. The van der Waals surface area contributed by atoms with Gasteiger partial charge in [0.15, 0.2) is 0 Å². The highest BCUT2D eigenvalue weighted by Crippen LogP contribution is 2.06. The zero-order valence-corrected chi connectivity index (χ0v) is 19.7. The number of benzene rings is 1. The molecule has 14 heteroatoms. The summed E-state index contributed by atoms with van der Waals surface area (Å²) in [5, 5.41) is 16.2. The second-order valence-corrected chi connectivity index (χ2v) is 8.04. The molecule has 1 aromatic carbocycles. The number of rotatable bonds is 15. The first-order valence-electron chi connectivity index (χ1n) is 10.6. The Morgan fingerprint density at radius 2 is 1.37 bits per heavy atom. The Labute approximate surface area is 206 Å². The predicted molar refractivity (Wildman–Crippen MR) is 128 cm³/mol. The molecule has 0 aliphatic heterocycles. The second kappa shape index (κ2) is 14.6. The maximum absolute atomic E-state index is 13.0. The van der Waals surface area contributed by atoms with Crippen LogP contribution in [0.1, 0.15) is 24.8 Å². The lowest BCUT2D eigenvalue weighted by atomic mass is 10.0. The Morgan fingerprint density at radius 1 is 0.829 bits per heavy atom. The van der Waals surface area contributed by atoms with Crippen LogP contribution in [0.15, 0.2) is 30.3 Å². The van der Waals surface area contributed by atoms with Gasteiger partial charge in [0.2, 0.25) is 29.5 Å². The van der Waals surface area contributed by atoms with Crippen molar-refractivity contribution >= 4 is 48.1 Å². The largest absolute Gasteiger partial charge is 0.480 e. The molecule has 0 aromatic heterocycles. The van der Waals surface area contributed by atoms with Crippen molar-refractivity contribution in [3.05, 3.63) is 35.9 Å². The van der Waals surface area contributed by atoms with Crippen LogP contribution in [0.2, 0.25) is 0 Å². The van der Waals surface area contributed by atoms with Crippen LogP contribution in [0.4, 0.5) is 0 Å². The normalized spacial score (nSPS) is 14.0. The number of nitrogens with two attached hydrogens (primary N) is 3. The van der Waals surface area contributed by atoms with Crippen LogP contribution in [0.25, 0.3) is 0 Å². The Bertz CT molecular complexity index is 930. The van der Waals surface area contributed by atoms with Crippen molar-refractivity contribution in [3.8, 4) is 0 Å². The number of hydrogen-bond acceptors (Lipinski definition) is 8. The summed E-state index contributed by atoms with van der Waals surface area (Å²) in [6.45, 7) is 0. The third-order valence-electron chi connectivity index (χ3n) is 4.79. The van der Waals surface area contributed by atoms with Gasteiger partial charge in [0.05, 0.1) is 12.5 Å². The van der Waals surface area contributed by atoms with Crippen molar-refractivity contribution in [2.45, 2.75) is 49.9 Å². The van der Waals surface area contributed by atoms with E-state index in [2.05, 4.69) is 28.6 Å². The van der Waals surface area contributed by atoms with E-state index in [0.29, 0.717) is 5.56 Å². The van der Waals surface area contributed by atoms with Crippen LogP contribution in [0.5, 0.6) is 0 Å². The van der Waals surface area contributed by atoms with Crippen LogP contribution in [0, 0.1) is 0 Å². The topological polar surface area (TPSA) is 237 Å². The molecule has 0 spiro atoms.